The van der Waals surface area contributed by atoms with E-state index in [0.717, 1.165) is 11.3 Å². The van der Waals surface area contributed by atoms with E-state index in [1.54, 1.807) is 23.5 Å². The summed E-state index contributed by atoms with van der Waals surface area (Å²) in [5, 5.41) is 14.7. The van der Waals surface area contributed by atoms with Gasteiger partial charge in [-0.25, -0.2) is 0 Å². The molecule has 0 saturated carbocycles. The van der Waals surface area contributed by atoms with Crippen LogP contribution in [0.25, 0.3) is 0 Å². The number of thiophene rings is 1. The number of hydrogen-bond donors (Lipinski definition) is 4. The van der Waals surface area contributed by atoms with Crippen LogP contribution in [-0.4, -0.2) is 60.8 Å². The third kappa shape index (κ3) is 6.53. The van der Waals surface area contributed by atoms with Gasteiger partial charge < -0.3 is 26.0 Å². The fraction of sp³-hybridized carbons (Fsp3) is 0.579. The van der Waals surface area contributed by atoms with Crippen LogP contribution in [0.1, 0.15) is 43.0 Å². The Balaban J connectivity index is 1.86. The number of ether oxygens (including phenoxy) is 1. The van der Waals surface area contributed by atoms with E-state index in [4.69, 9.17) is 15.9 Å². The third-order valence-corrected chi connectivity index (χ3v) is 5.79. The largest absolute Gasteiger partial charge is 0.385 e. The molecular formula is C19H29N5O4S. The van der Waals surface area contributed by atoms with Crippen molar-refractivity contribution < 1.29 is 19.1 Å². The maximum atomic E-state index is 12.7. The Hall–Kier alpha value is -2.46. The van der Waals surface area contributed by atoms with Crippen molar-refractivity contribution in [2.24, 2.45) is 5.73 Å². The Bertz CT molecular complexity index is 751. The molecule has 0 bridgehead atoms. The number of amidine groups is 1. The lowest BCUT2D eigenvalue weighted by atomic mass is 10.2. The number of nitrogens with two attached hydrogens (primary N) is 1. The van der Waals surface area contributed by atoms with Crippen molar-refractivity contribution in [2.45, 2.75) is 51.2 Å². The second kappa shape index (κ2) is 10.9. The number of rotatable bonds is 10. The molecule has 3 amide bonds. The molecule has 2 unspecified atom stereocenters. The molecule has 10 heteroatoms. The van der Waals surface area contributed by atoms with Crippen molar-refractivity contribution in [1.82, 2.24) is 15.5 Å². The molecule has 1 fully saturated rings. The van der Waals surface area contributed by atoms with Crippen molar-refractivity contribution >= 4 is 34.9 Å². The maximum absolute atomic E-state index is 12.7. The standard InChI is InChI=1S/C19H29N5O4S/c1-12-5-6-15(19(27)23-9-14-8-13(11-29-14)18(20)21)24(12)17(26)10-22-16(25)4-3-7-28-2/h8,11-12,15H,3-7,9-10H2,1-2H3,(H3,20,21)(H,22,25)(H,23,27). The van der Waals surface area contributed by atoms with Gasteiger partial charge in [0.2, 0.25) is 17.7 Å². The van der Waals surface area contributed by atoms with Gasteiger partial charge >= 0.3 is 0 Å². The average molecular weight is 424 g/mol. The molecule has 1 saturated heterocycles. The van der Waals surface area contributed by atoms with E-state index >= 15 is 0 Å². The molecule has 2 atom stereocenters. The molecule has 0 radical (unpaired) electrons. The molecule has 1 aliphatic heterocycles. The summed E-state index contributed by atoms with van der Waals surface area (Å²) in [5.41, 5.74) is 6.09. The van der Waals surface area contributed by atoms with Crippen molar-refractivity contribution in [2.75, 3.05) is 20.3 Å². The Morgan fingerprint density at radius 3 is 2.76 bits per heavy atom. The molecular weight excluding hydrogens is 394 g/mol. The molecule has 2 rings (SSSR count). The minimum absolute atomic E-state index is 0.00974. The number of amides is 3. The van der Waals surface area contributed by atoms with Gasteiger partial charge in [0.15, 0.2) is 0 Å². The summed E-state index contributed by atoms with van der Waals surface area (Å²) in [4.78, 5) is 39.6. The van der Waals surface area contributed by atoms with Crippen LogP contribution in [0.15, 0.2) is 11.4 Å². The van der Waals surface area contributed by atoms with Gasteiger partial charge in [-0.1, -0.05) is 0 Å². The van der Waals surface area contributed by atoms with Gasteiger partial charge in [-0.15, -0.1) is 11.3 Å². The first-order chi connectivity index (χ1) is 13.8. The van der Waals surface area contributed by atoms with Gasteiger partial charge in [0.25, 0.3) is 0 Å². The van der Waals surface area contributed by atoms with Crippen molar-refractivity contribution in [3.8, 4) is 0 Å². The second-order valence-corrected chi connectivity index (χ2v) is 8.05. The molecule has 0 spiro atoms. The number of nitrogens with zero attached hydrogens (tertiary/aromatic N) is 1. The maximum Gasteiger partial charge on any atom is 0.243 e. The zero-order valence-electron chi connectivity index (χ0n) is 16.8. The highest BCUT2D eigenvalue weighted by molar-refractivity contribution is 7.10. The van der Waals surface area contributed by atoms with Crippen LogP contribution in [0.2, 0.25) is 0 Å². The van der Waals surface area contributed by atoms with Gasteiger partial charge in [-0.3, -0.25) is 19.8 Å². The quantitative estimate of drug-likeness (QED) is 0.248. The summed E-state index contributed by atoms with van der Waals surface area (Å²) in [5.74, 6) is -0.691. The molecule has 29 heavy (non-hydrogen) atoms. The predicted octanol–water partition coefficient (Wildman–Crippen LogP) is 0.571. The van der Waals surface area contributed by atoms with Gasteiger partial charge in [-0.05, 0) is 32.3 Å². The average Bonchev–Trinajstić information content (AvgIpc) is 3.31. The first-order valence-electron chi connectivity index (χ1n) is 9.59. The van der Waals surface area contributed by atoms with Crippen LogP contribution < -0.4 is 16.4 Å². The monoisotopic (exact) mass is 423 g/mol. The lowest BCUT2D eigenvalue weighted by Gasteiger charge is -2.28. The van der Waals surface area contributed by atoms with Gasteiger partial charge in [0, 0.05) is 42.0 Å². The molecule has 0 aromatic carbocycles. The van der Waals surface area contributed by atoms with Crippen molar-refractivity contribution in [1.29, 1.82) is 5.41 Å². The fourth-order valence-corrected chi connectivity index (χ4v) is 4.12. The summed E-state index contributed by atoms with van der Waals surface area (Å²) in [7, 11) is 1.57. The van der Waals surface area contributed by atoms with E-state index in [1.807, 2.05) is 6.92 Å². The Morgan fingerprint density at radius 2 is 2.10 bits per heavy atom. The van der Waals surface area contributed by atoms with E-state index in [2.05, 4.69) is 10.6 Å². The lowest BCUT2D eigenvalue weighted by Crippen LogP contribution is -2.51. The van der Waals surface area contributed by atoms with Crippen LogP contribution in [0.5, 0.6) is 0 Å². The molecule has 2 heterocycles. The highest BCUT2D eigenvalue weighted by Gasteiger charge is 2.38. The summed E-state index contributed by atoms with van der Waals surface area (Å²) in [6.45, 7) is 2.60. The molecule has 5 N–H and O–H groups in total. The van der Waals surface area contributed by atoms with Gasteiger partial charge in [0.1, 0.15) is 11.9 Å². The van der Waals surface area contributed by atoms with Crippen LogP contribution in [0, 0.1) is 5.41 Å². The minimum atomic E-state index is -0.546. The van der Waals surface area contributed by atoms with E-state index in [0.29, 0.717) is 38.0 Å². The van der Waals surface area contributed by atoms with Crippen LogP contribution in [-0.2, 0) is 25.7 Å². The SMILES string of the molecule is COCCCC(=O)NCC(=O)N1C(C)CCC1C(=O)NCc1cc(C(=N)N)cs1. The number of methoxy groups -OCH3 is 1. The Labute approximate surface area is 174 Å². The molecule has 1 aromatic heterocycles. The van der Waals surface area contributed by atoms with E-state index in [-0.39, 0.29) is 36.1 Å². The minimum Gasteiger partial charge on any atom is -0.385 e. The number of nitrogen functional groups attached to an aromatic ring is 1. The first-order valence-corrected chi connectivity index (χ1v) is 10.5. The topological polar surface area (TPSA) is 138 Å². The Morgan fingerprint density at radius 1 is 1.34 bits per heavy atom. The van der Waals surface area contributed by atoms with E-state index < -0.39 is 6.04 Å². The lowest BCUT2D eigenvalue weighted by molar-refractivity contribution is -0.140. The fourth-order valence-electron chi connectivity index (χ4n) is 3.30. The normalized spacial score (nSPS) is 18.5. The first kappa shape index (κ1) is 22.8. The second-order valence-electron chi connectivity index (χ2n) is 7.05. The van der Waals surface area contributed by atoms with Crippen LogP contribution in [0.3, 0.4) is 0 Å². The predicted molar refractivity (Wildman–Crippen MR) is 111 cm³/mol. The summed E-state index contributed by atoms with van der Waals surface area (Å²) >= 11 is 1.42. The zero-order chi connectivity index (χ0) is 21.4. The van der Waals surface area contributed by atoms with E-state index in [9.17, 15) is 14.4 Å². The molecule has 160 valence electrons. The number of hydrogen-bond acceptors (Lipinski definition) is 6. The van der Waals surface area contributed by atoms with Crippen molar-refractivity contribution in [3.05, 3.63) is 21.9 Å². The number of likely N-dealkylation sites (tertiary alicyclic amines) is 1. The number of carbonyl (C=O) groups is 3. The summed E-state index contributed by atoms with van der Waals surface area (Å²) in [6, 6.07) is 1.16. The van der Waals surface area contributed by atoms with Gasteiger partial charge in [-0.2, -0.15) is 0 Å². The Kier molecular flexibility index (Phi) is 8.59. The van der Waals surface area contributed by atoms with Crippen molar-refractivity contribution in [3.63, 3.8) is 0 Å². The number of nitrogens with one attached hydrogen (secondary N) is 3. The molecule has 1 aromatic rings. The molecule has 9 nitrogen and oxygen atoms in total. The zero-order valence-corrected chi connectivity index (χ0v) is 17.6. The van der Waals surface area contributed by atoms with E-state index in [1.165, 1.54) is 11.3 Å². The molecule has 0 aliphatic carbocycles. The highest BCUT2D eigenvalue weighted by Crippen LogP contribution is 2.24. The summed E-state index contributed by atoms with van der Waals surface area (Å²) in [6.07, 6.45) is 2.21. The van der Waals surface area contributed by atoms with Crippen LogP contribution >= 0.6 is 11.3 Å². The van der Waals surface area contributed by atoms with Gasteiger partial charge in [0.05, 0.1) is 13.1 Å². The third-order valence-electron chi connectivity index (χ3n) is 4.85. The van der Waals surface area contributed by atoms with Crippen LogP contribution in [0.4, 0.5) is 0 Å². The molecule has 1 aliphatic rings. The smallest absolute Gasteiger partial charge is 0.243 e. The summed E-state index contributed by atoms with van der Waals surface area (Å²) < 4.78 is 4.91. The highest BCUT2D eigenvalue weighted by atomic mass is 32.1. The number of carbonyl (C=O) groups excluding carboxylic acids is 3.